The first-order valence-corrected chi connectivity index (χ1v) is 6.21. The molecule has 0 aliphatic heterocycles. The summed E-state index contributed by atoms with van der Waals surface area (Å²) in [7, 11) is 0. The molecule has 0 unspecified atom stereocenters. The lowest BCUT2D eigenvalue weighted by Crippen LogP contribution is -2.30. The van der Waals surface area contributed by atoms with Crippen molar-refractivity contribution < 1.29 is 4.79 Å². The summed E-state index contributed by atoms with van der Waals surface area (Å²) in [5.74, 6) is 0.196. The molecule has 4 heteroatoms. The topological polar surface area (TPSA) is 46.3 Å². The highest BCUT2D eigenvalue weighted by Gasteiger charge is 2.12. The Kier molecular flexibility index (Phi) is 8.42. The minimum Gasteiger partial charge on any atom is -0.339 e. The van der Waals surface area contributed by atoms with Crippen molar-refractivity contribution in [2.24, 2.45) is 5.73 Å². The fourth-order valence-corrected chi connectivity index (χ4v) is 1.78. The summed E-state index contributed by atoms with van der Waals surface area (Å²) in [5, 5.41) is 0. The molecular formula is C14H23ClN2O. The van der Waals surface area contributed by atoms with E-state index in [1.807, 2.05) is 24.0 Å². The number of benzene rings is 1. The van der Waals surface area contributed by atoms with Crippen molar-refractivity contribution in [3.05, 3.63) is 35.4 Å². The van der Waals surface area contributed by atoms with Gasteiger partial charge in [-0.25, -0.2) is 0 Å². The third kappa shape index (κ3) is 5.07. The highest BCUT2D eigenvalue weighted by molar-refractivity contribution is 5.85. The Hall–Kier alpha value is -1.06. The SMILES string of the molecule is CCN(Cc1ccccc1C)C(=O)CCCN.Cl. The Bertz CT molecular complexity index is 369. The standard InChI is InChI=1S/C14H22N2O.ClH/c1-3-16(14(17)9-6-10-15)11-13-8-5-4-7-12(13)2;/h4-5,7-8H,3,6,9-11,15H2,1-2H3;1H. The number of aryl methyl sites for hydroxylation is 1. The van der Waals surface area contributed by atoms with E-state index in [0.29, 0.717) is 19.5 Å². The smallest absolute Gasteiger partial charge is 0.222 e. The van der Waals surface area contributed by atoms with Crippen LogP contribution in [-0.2, 0) is 11.3 Å². The van der Waals surface area contributed by atoms with Gasteiger partial charge in [0, 0.05) is 19.5 Å². The number of halogens is 1. The second-order valence-electron chi connectivity index (χ2n) is 4.23. The van der Waals surface area contributed by atoms with Crippen LogP contribution in [0.1, 0.15) is 30.9 Å². The van der Waals surface area contributed by atoms with Gasteiger partial charge in [-0.05, 0) is 37.9 Å². The summed E-state index contributed by atoms with van der Waals surface area (Å²) in [6.07, 6.45) is 1.32. The highest BCUT2D eigenvalue weighted by Crippen LogP contribution is 2.11. The van der Waals surface area contributed by atoms with Crippen molar-refractivity contribution in [3.8, 4) is 0 Å². The van der Waals surface area contributed by atoms with Crippen LogP contribution in [-0.4, -0.2) is 23.9 Å². The molecule has 0 atom stereocenters. The van der Waals surface area contributed by atoms with E-state index < -0.39 is 0 Å². The molecule has 2 N–H and O–H groups in total. The van der Waals surface area contributed by atoms with E-state index in [4.69, 9.17) is 5.73 Å². The summed E-state index contributed by atoms with van der Waals surface area (Å²) in [5.41, 5.74) is 7.88. The quantitative estimate of drug-likeness (QED) is 0.863. The lowest BCUT2D eigenvalue weighted by molar-refractivity contribution is -0.131. The average molecular weight is 271 g/mol. The van der Waals surface area contributed by atoms with Gasteiger partial charge in [-0.3, -0.25) is 4.79 Å². The van der Waals surface area contributed by atoms with Crippen LogP contribution in [0.5, 0.6) is 0 Å². The number of hydrogen-bond donors (Lipinski definition) is 1. The van der Waals surface area contributed by atoms with Gasteiger partial charge in [-0.2, -0.15) is 0 Å². The molecule has 0 spiro atoms. The number of rotatable bonds is 6. The van der Waals surface area contributed by atoms with E-state index in [9.17, 15) is 4.79 Å². The molecule has 0 saturated carbocycles. The number of carbonyl (C=O) groups is 1. The van der Waals surface area contributed by atoms with Crippen molar-refractivity contribution >= 4 is 18.3 Å². The summed E-state index contributed by atoms with van der Waals surface area (Å²) >= 11 is 0. The monoisotopic (exact) mass is 270 g/mol. The lowest BCUT2D eigenvalue weighted by atomic mass is 10.1. The molecule has 0 aliphatic carbocycles. The van der Waals surface area contributed by atoms with Crippen molar-refractivity contribution in [2.75, 3.05) is 13.1 Å². The second kappa shape index (κ2) is 8.95. The molecule has 1 aromatic rings. The highest BCUT2D eigenvalue weighted by atomic mass is 35.5. The van der Waals surface area contributed by atoms with Crippen LogP contribution in [0.4, 0.5) is 0 Å². The normalized spacial score (nSPS) is 9.72. The summed E-state index contributed by atoms with van der Waals surface area (Å²) in [6, 6.07) is 8.19. The molecule has 0 saturated heterocycles. The van der Waals surface area contributed by atoms with Gasteiger partial charge in [0.05, 0.1) is 0 Å². The van der Waals surface area contributed by atoms with Crippen molar-refractivity contribution in [1.82, 2.24) is 4.90 Å². The van der Waals surface area contributed by atoms with E-state index in [-0.39, 0.29) is 18.3 Å². The third-order valence-corrected chi connectivity index (χ3v) is 2.95. The molecule has 0 radical (unpaired) electrons. The Morgan fingerprint density at radius 1 is 1.33 bits per heavy atom. The second-order valence-corrected chi connectivity index (χ2v) is 4.23. The van der Waals surface area contributed by atoms with Crippen LogP contribution in [0.3, 0.4) is 0 Å². The number of nitrogens with zero attached hydrogens (tertiary/aromatic N) is 1. The van der Waals surface area contributed by atoms with Gasteiger partial charge in [-0.15, -0.1) is 12.4 Å². The summed E-state index contributed by atoms with van der Waals surface area (Å²) in [4.78, 5) is 13.8. The van der Waals surface area contributed by atoms with E-state index in [2.05, 4.69) is 19.1 Å². The van der Waals surface area contributed by atoms with Gasteiger partial charge in [0.1, 0.15) is 0 Å². The fourth-order valence-electron chi connectivity index (χ4n) is 1.78. The largest absolute Gasteiger partial charge is 0.339 e. The Morgan fingerprint density at radius 3 is 2.56 bits per heavy atom. The number of nitrogens with two attached hydrogens (primary N) is 1. The van der Waals surface area contributed by atoms with Crippen LogP contribution >= 0.6 is 12.4 Å². The van der Waals surface area contributed by atoms with Crippen LogP contribution in [0.15, 0.2) is 24.3 Å². The molecule has 0 bridgehead atoms. The van der Waals surface area contributed by atoms with Crippen LogP contribution in [0, 0.1) is 6.92 Å². The van der Waals surface area contributed by atoms with Gasteiger partial charge in [0.15, 0.2) is 0 Å². The zero-order valence-electron chi connectivity index (χ0n) is 11.2. The van der Waals surface area contributed by atoms with Gasteiger partial charge < -0.3 is 10.6 Å². The predicted molar refractivity (Wildman–Crippen MR) is 77.8 cm³/mol. The average Bonchev–Trinajstić information content (AvgIpc) is 2.35. The zero-order chi connectivity index (χ0) is 12.7. The molecule has 1 aromatic carbocycles. The fraction of sp³-hybridized carbons (Fsp3) is 0.500. The Labute approximate surface area is 116 Å². The Balaban J connectivity index is 0.00000289. The van der Waals surface area contributed by atoms with Crippen molar-refractivity contribution in [1.29, 1.82) is 0 Å². The molecule has 18 heavy (non-hydrogen) atoms. The molecular weight excluding hydrogens is 248 g/mol. The molecule has 1 rings (SSSR count). The minimum absolute atomic E-state index is 0. The van der Waals surface area contributed by atoms with Gasteiger partial charge >= 0.3 is 0 Å². The van der Waals surface area contributed by atoms with Crippen LogP contribution < -0.4 is 5.73 Å². The lowest BCUT2D eigenvalue weighted by Gasteiger charge is -2.22. The number of amides is 1. The first-order chi connectivity index (χ1) is 8.19. The first-order valence-electron chi connectivity index (χ1n) is 6.21. The third-order valence-electron chi connectivity index (χ3n) is 2.95. The molecule has 0 heterocycles. The van der Waals surface area contributed by atoms with E-state index in [1.165, 1.54) is 11.1 Å². The maximum Gasteiger partial charge on any atom is 0.222 e. The zero-order valence-corrected chi connectivity index (χ0v) is 12.0. The Morgan fingerprint density at radius 2 is 2.00 bits per heavy atom. The van der Waals surface area contributed by atoms with Crippen LogP contribution in [0.25, 0.3) is 0 Å². The van der Waals surface area contributed by atoms with E-state index >= 15 is 0 Å². The van der Waals surface area contributed by atoms with Gasteiger partial charge in [-0.1, -0.05) is 24.3 Å². The van der Waals surface area contributed by atoms with Gasteiger partial charge in [0.2, 0.25) is 5.91 Å². The molecule has 0 fully saturated rings. The van der Waals surface area contributed by atoms with E-state index in [0.717, 1.165) is 13.0 Å². The maximum absolute atomic E-state index is 11.9. The number of hydrogen-bond acceptors (Lipinski definition) is 2. The predicted octanol–water partition coefficient (Wildman–Crippen LogP) is 2.50. The molecule has 3 nitrogen and oxygen atoms in total. The van der Waals surface area contributed by atoms with Crippen molar-refractivity contribution in [2.45, 2.75) is 33.2 Å². The van der Waals surface area contributed by atoms with Gasteiger partial charge in [0.25, 0.3) is 0 Å². The van der Waals surface area contributed by atoms with Crippen LogP contribution in [0.2, 0.25) is 0 Å². The molecule has 1 amide bonds. The maximum atomic E-state index is 11.9. The molecule has 102 valence electrons. The number of carbonyl (C=O) groups excluding carboxylic acids is 1. The van der Waals surface area contributed by atoms with E-state index in [1.54, 1.807) is 0 Å². The van der Waals surface area contributed by atoms with Crippen molar-refractivity contribution in [3.63, 3.8) is 0 Å². The summed E-state index contributed by atoms with van der Waals surface area (Å²) in [6.45, 7) is 6.12. The molecule has 0 aliphatic rings. The molecule has 0 aromatic heterocycles. The minimum atomic E-state index is 0. The summed E-state index contributed by atoms with van der Waals surface area (Å²) < 4.78 is 0. The first kappa shape index (κ1) is 16.9.